The number of rotatable bonds is 10. The van der Waals surface area contributed by atoms with Gasteiger partial charge in [-0.15, -0.1) is 5.06 Å². The Kier molecular flexibility index (Phi) is 10.1. The van der Waals surface area contributed by atoms with Crippen molar-refractivity contribution in [1.29, 1.82) is 0 Å². The Balaban J connectivity index is 2.63. The summed E-state index contributed by atoms with van der Waals surface area (Å²) in [6, 6.07) is -0.414. The van der Waals surface area contributed by atoms with E-state index < -0.39 is 49.7 Å². The zero-order valence-electron chi connectivity index (χ0n) is 19.7. The summed E-state index contributed by atoms with van der Waals surface area (Å²) >= 11 is 0. The number of ether oxygens (including phenoxy) is 2. The third-order valence-electron chi connectivity index (χ3n) is 4.19. The molecule has 11 nitrogen and oxygen atoms in total. The topological polar surface area (TPSA) is 140 Å². The van der Waals surface area contributed by atoms with Crippen molar-refractivity contribution in [3.63, 3.8) is 0 Å². The van der Waals surface area contributed by atoms with Gasteiger partial charge in [-0.1, -0.05) is 19.6 Å². The molecule has 1 rings (SSSR count). The average Bonchev–Trinajstić information content (AvgIpc) is 2.93. The van der Waals surface area contributed by atoms with E-state index in [9.17, 15) is 24.0 Å². The third-order valence-corrected chi connectivity index (χ3v) is 5.89. The first-order valence-electron chi connectivity index (χ1n) is 10.7. The lowest BCUT2D eigenvalue weighted by Gasteiger charge is -2.21. The normalized spacial score (nSPS) is 15.2. The van der Waals surface area contributed by atoms with Crippen LogP contribution in [0.5, 0.6) is 0 Å². The lowest BCUT2D eigenvalue weighted by atomic mass is 10.1. The molecule has 32 heavy (non-hydrogen) atoms. The number of hydroxylamine groups is 2. The summed E-state index contributed by atoms with van der Waals surface area (Å²) in [5.41, 5.74) is -0.646. The van der Waals surface area contributed by atoms with Crippen molar-refractivity contribution in [2.45, 2.75) is 83.8 Å². The maximum atomic E-state index is 12.5. The Morgan fingerprint density at radius 1 is 1.06 bits per heavy atom. The van der Waals surface area contributed by atoms with E-state index in [2.05, 4.69) is 30.3 Å². The van der Waals surface area contributed by atoms with Gasteiger partial charge in [0.15, 0.2) is 0 Å². The summed E-state index contributed by atoms with van der Waals surface area (Å²) in [7, 11) is -1.41. The molecule has 0 aromatic rings. The van der Waals surface area contributed by atoms with E-state index in [-0.39, 0.29) is 38.8 Å². The van der Waals surface area contributed by atoms with E-state index in [1.54, 1.807) is 20.8 Å². The lowest BCUT2D eigenvalue weighted by molar-refractivity contribution is -0.199. The number of nitrogens with one attached hydrogen (secondary N) is 2. The van der Waals surface area contributed by atoms with Gasteiger partial charge in [0.05, 0.1) is 6.61 Å². The molecule has 0 radical (unpaired) electrons. The minimum Gasteiger partial charge on any atom is -0.450 e. The van der Waals surface area contributed by atoms with Crippen LogP contribution >= 0.6 is 0 Å². The number of alkyl carbamates (subject to hydrolysis) is 2. The number of carbonyl (C=O) groups is 5. The van der Waals surface area contributed by atoms with Crippen molar-refractivity contribution >= 4 is 38.0 Å². The van der Waals surface area contributed by atoms with E-state index in [1.807, 2.05) is 0 Å². The molecule has 12 heteroatoms. The van der Waals surface area contributed by atoms with Gasteiger partial charge in [-0.3, -0.25) is 9.59 Å². The van der Waals surface area contributed by atoms with Gasteiger partial charge < -0.3 is 24.9 Å². The van der Waals surface area contributed by atoms with E-state index in [4.69, 9.17) is 14.3 Å². The molecule has 0 aliphatic carbocycles. The average molecular weight is 474 g/mol. The van der Waals surface area contributed by atoms with Gasteiger partial charge in [-0.05, 0) is 39.7 Å². The molecular weight excluding hydrogens is 438 g/mol. The van der Waals surface area contributed by atoms with Crippen LogP contribution < -0.4 is 10.6 Å². The summed E-state index contributed by atoms with van der Waals surface area (Å²) < 4.78 is 10.3. The highest BCUT2D eigenvalue weighted by Crippen LogP contribution is 2.14. The molecule has 0 aromatic carbocycles. The molecule has 1 aliphatic heterocycles. The Labute approximate surface area is 189 Å². The molecule has 0 bridgehead atoms. The van der Waals surface area contributed by atoms with Crippen molar-refractivity contribution < 1.29 is 38.3 Å². The molecule has 1 unspecified atom stereocenters. The maximum Gasteiger partial charge on any atom is 0.407 e. The number of carbonyl (C=O) groups excluding carboxylic acids is 5. The highest BCUT2D eigenvalue weighted by Gasteiger charge is 2.35. The fourth-order valence-electron chi connectivity index (χ4n) is 2.51. The second kappa shape index (κ2) is 11.8. The highest BCUT2D eigenvalue weighted by molar-refractivity contribution is 6.76. The minimum absolute atomic E-state index is 0.0389. The quantitative estimate of drug-likeness (QED) is 0.280. The zero-order valence-corrected chi connectivity index (χ0v) is 20.7. The van der Waals surface area contributed by atoms with Crippen LogP contribution in [-0.4, -0.2) is 67.9 Å². The Morgan fingerprint density at radius 2 is 1.66 bits per heavy atom. The number of imide groups is 1. The van der Waals surface area contributed by atoms with Gasteiger partial charge in [0.25, 0.3) is 11.8 Å². The van der Waals surface area contributed by atoms with Crippen molar-refractivity contribution in [3.05, 3.63) is 0 Å². The van der Waals surface area contributed by atoms with Crippen molar-refractivity contribution in [1.82, 2.24) is 15.7 Å². The second-order valence-electron chi connectivity index (χ2n) is 9.71. The molecule has 2 N–H and O–H groups in total. The van der Waals surface area contributed by atoms with Crippen molar-refractivity contribution in [3.8, 4) is 0 Å². The van der Waals surface area contributed by atoms with Crippen LogP contribution in [0, 0.1) is 0 Å². The Hall–Kier alpha value is -2.63. The molecule has 4 amide bonds. The SMILES string of the molecule is CC(C)(C)OC(=O)NCCCC(NC(=O)OCC[Si](C)(C)C)C(=O)ON1C(=O)CCC1=O. The number of nitrogens with zero attached hydrogens (tertiary/aromatic N) is 1. The fraction of sp³-hybridized carbons (Fsp3) is 0.750. The van der Waals surface area contributed by atoms with Gasteiger partial charge in [0.1, 0.15) is 11.6 Å². The highest BCUT2D eigenvalue weighted by atomic mass is 28.3. The van der Waals surface area contributed by atoms with Crippen LogP contribution in [0.25, 0.3) is 0 Å². The number of amides is 4. The van der Waals surface area contributed by atoms with Crippen LogP contribution in [0.15, 0.2) is 0 Å². The summed E-state index contributed by atoms with van der Waals surface area (Å²) in [4.78, 5) is 64.7. The van der Waals surface area contributed by atoms with Gasteiger partial charge >= 0.3 is 18.2 Å². The standard InChI is InChI=1S/C20H35N3O8Si/c1-20(2,3)30-18(27)21-11-7-8-14(22-19(28)29-12-13-32(4,5)6)17(26)31-23-15(24)9-10-16(23)25/h14H,7-13H2,1-6H3,(H,21,27)(H,22,28). The van der Waals surface area contributed by atoms with E-state index >= 15 is 0 Å². The maximum absolute atomic E-state index is 12.5. The van der Waals surface area contributed by atoms with Crippen molar-refractivity contribution in [2.24, 2.45) is 0 Å². The van der Waals surface area contributed by atoms with Gasteiger partial charge in [0.2, 0.25) is 0 Å². The van der Waals surface area contributed by atoms with Crippen LogP contribution in [-0.2, 0) is 28.7 Å². The van der Waals surface area contributed by atoms with E-state index in [1.165, 1.54) is 0 Å². The first-order chi connectivity index (χ1) is 14.7. The van der Waals surface area contributed by atoms with Crippen LogP contribution in [0.2, 0.25) is 25.7 Å². The van der Waals surface area contributed by atoms with Gasteiger partial charge in [0, 0.05) is 27.5 Å². The first-order valence-corrected chi connectivity index (χ1v) is 14.4. The third kappa shape index (κ3) is 11.1. The predicted octanol–water partition coefficient (Wildman–Crippen LogP) is 2.33. The Bertz CT molecular complexity index is 699. The molecular formula is C20H35N3O8Si. The second-order valence-corrected chi connectivity index (χ2v) is 15.3. The molecule has 0 spiro atoms. The molecule has 1 saturated heterocycles. The summed E-state index contributed by atoms with van der Waals surface area (Å²) in [5.74, 6) is -2.20. The smallest absolute Gasteiger partial charge is 0.407 e. The van der Waals surface area contributed by atoms with Gasteiger partial charge in [-0.25, -0.2) is 14.4 Å². The molecule has 1 fully saturated rings. The van der Waals surface area contributed by atoms with Crippen LogP contribution in [0.1, 0.15) is 46.5 Å². The first kappa shape index (κ1) is 27.4. The van der Waals surface area contributed by atoms with E-state index in [0.717, 1.165) is 6.04 Å². The number of hydrogen-bond acceptors (Lipinski definition) is 8. The minimum atomic E-state index is -1.41. The molecule has 0 saturated carbocycles. The van der Waals surface area contributed by atoms with Crippen LogP contribution in [0.3, 0.4) is 0 Å². The molecule has 1 atom stereocenters. The summed E-state index contributed by atoms with van der Waals surface area (Å²) in [6.07, 6.45) is -1.12. The van der Waals surface area contributed by atoms with E-state index in [0.29, 0.717) is 5.06 Å². The lowest BCUT2D eigenvalue weighted by Crippen LogP contribution is -2.46. The molecule has 0 aromatic heterocycles. The summed E-state index contributed by atoms with van der Waals surface area (Å²) in [5, 5.41) is 5.40. The Morgan fingerprint density at radius 3 is 2.19 bits per heavy atom. The van der Waals surface area contributed by atoms with Crippen molar-refractivity contribution in [2.75, 3.05) is 13.2 Å². The fourth-order valence-corrected chi connectivity index (χ4v) is 3.22. The largest absolute Gasteiger partial charge is 0.450 e. The van der Waals surface area contributed by atoms with Crippen LogP contribution in [0.4, 0.5) is 9.59 Å². The molecule has 1 heterocycles. The monoisotopic (exact) mass is 473 g/mol. The molecule has 1 aliphatic rings. The van der Waals surface area contributed by atoms with Gasteiger partial charge in [-0.2, -0.15) is 0 Å². The molecule has 182 valence electrons. The number of hydrogen-bond donors (Lipinski definition) is 2. The zero-order chi connectivity index (χ0) is 24.5. The predicted molar refractivity (Wildman–Crippen MR) is 117 cm³/mol. The summed E-state index contributed by atoms with van der Waals surface area (Å²) in [6.45, 7) is 12.0.